The van der Waals surface area contributed by atoms with Crippen molar-refractivity contribution in [3.05, 3.63) is 40.9 Å². The van der Waals surface area contributed by atoms with Gasteiger partial charge in [-0.15, -0.1) is 36.2 Å². The van der Waals surface area contributed by atoms with Crippen molar-refractivity contribution in [2.45, 2.75) is 25.6 Å². The van der Waals surface area contributed by atoms with E-state index in [4.69, 9.17) is 0 Å². The average molecular weight is 442 g/mol. The van der Waals surface area contributed by atoms with Crippen molar-refractivity contribution >= 4 is 42.1 Å². The Kier molecular flexibility index (Phi) is 8.53. The minimum Gasteiger partial charge on any atom is -0.337 e. The van der Waals surface area contributed by atoms with Crippen LogP contribution in [0.2, 0.25) is 0 Å². The van der Waals surface area contributed by atoms with E-state index >= 15 is 0 Å². The molecule has 2 aromatic rings. The van der Waals surface area contributed by atoms with E-state index < -0.39 is 11.7 Å². The number of thiazole rings is 1. The molecular weight excluding hydrogens is 422 g/mol. The number of nitrogens with one attached hydrogen (secondary N) is 1. The molecule has 1 atom stereocenters. The summed E-state index contributed by atoms with van der Waals surface area (Å²) in [4.78, 5) is 18.6. The molecule has 0 radical (unpaired) electrons. The maximum atomic E-state index is 12.8. The molecule has 1 N–H and O–H groups in total. The van der Waals surface area contributed by atoms with Crippen LogP contribution in [-0.4, -0.2) is 41.5 Å². The number of hydrogen-bond donors (Lipinski definition) is 1. The van der Waals surface area contributed by atoms with Crippen molar-refractivity contribution in [1.29, 1.82) is 0 Å². The monoisotopic (exact) mass is 441 g/mol. The zero-order valence-electron chi connectivity index (χ0n) is 14.5. The van der Waals surface area contributed by atoms with Gasteiger partial charge in [0.25, 0.3) is 0 Å². The van der Waals surface area contributed by atoms with Crippen molar-refractivity contribution in [1.82, 2.24) is 15.2 Å². The highest BCUT2D eigenvalue weighted by atomic mass is 35.5. The summed E-state index contributed by atoms with van der Waals surface area (Å²) in [5.41, 5.74) is 0.301. The number of nitrogens with zero attached hydrogens (tertiary/aromatic N) is 2. The Hall–Kier alpha value is -1.35. The first-order valence-corrected chi connectivity index (χ1v) is 8.85. The molecule has 1 unspecified atom stereocenters. The first-order chi connectivity index (χ1) is 11.8. The molecular formula is C17H20Cl2F3N3OS. The topological polar surface area (TPSA) is 45.2 Å². The highest BCUT2D eigenvalue weighted by Crippen LogP contribution is 2.33. The van der Waals surface area contributed by atoms with Gasteiger partial charge in [-0.25, -0.2) is 4.98 Å². The Morgan fingerprint density at radius 2 is 2.11 bits per heavy atom. The molecule has 0 aliphatic carbocycles. The summed E-state index contributed by atoms with van der Waals surface area (Å²) in [7, 11) is 0. The molecule has 4 nitrogen and oxygen atoms in total. The normalized spacial score (nSPS) is 17.0. The smallest absolute Gasteiger partial charge is 0.337 e. The van der Waals surface area contributed by atoms with Crippen LogP contribution in [0, 0.1) is 0 Å². The van der Waals surface area contributed by atoms with Crippen molar-refractivity contribution in [2.75, 3.05) is 19.6 Å². The van der Waals surface area contributed by atoms with E-state index in [0.717, 1.165) is 25.2 Å². The number of carbonyl (C=O) groups is 1. The summed E-state index contributed by atoms with van der Waals surface area (Å²) >= 11 is 1.25. The van der Waals surface area contributed by atoms with Crippen LogP contribution in [0.3, 0.4) is 0 Å². The van der Waals surface area contributed by atoms with Crippen molar-refractivity contribution in [3.8, 4) is 10.6 Å². The fourth-order valence-electron chi connectivity index (χ4n) is 2.82. The van der Waals surface area contributed by atoms with Gasteiger partial charge in [-0.1, -0.05) is 12.1 Å². The zero-order valence-corrected chi connectivity index (χ0v) is 16.9. The maximum Gasteiger partial charge on any atom is 0.416 e. The van der Waals surface area contributed by atoms with Crippen LogP contribution in [0.4, 0.5) is 13.2 Å². The molecule has 1 aromatic heterocycles. The van der Waals surface area contributed by atoms with Crippen LogP contribution in [0.15, 0.2) is 29.6 Å². The lowest BCUT2D eigenvalue weighted by atomic mass is 10.1. The third-order valence-corrected chi connectivity index (χ3v) is 5.08. The molecule has 1 aliphatic rings. The van der Waals surface area contributed by atoms with Crippen LogP contribution in [0.1, 0.15) is 18.2 Å². The molecule has 1 saturated heterocycles. The van der Waals surface area contributed by atoms with E-state index in [1.807, 2.05) is 11.8 Å². The molecule has 1 aromatic carbocycles. The lowest BCUT2D eigenvalue weighted by Crippen LogP contribution is -2.52. The number of rotatable bonds is 3. The first kappa shape index (κ1) is 23.7. The van der Waals surface area contributed by atoms with Gasteiger partial charge in [-0.3, -0.25) is 4.79 Å². The summed E-state index contributed by atoms with van der Waals surface area (Å²) in [6.07, 6.45) is -4.22. The number of aromatic nitrogens is 1. The number of hydrogen-bond acceptors (Lipinski definition) is 4. The van der Waals surface area contributed by atoms with E-state index in [2.05, 4.69) is 10.3 Å². The molecule has 1 amide bonds. The number of benzene rings is 1. The second kappa shape index (κ2) is 9.73. The Labute approximate surface area is 172 Å². The Morgan fingerprint density at radius 1 is 1.37 bits per heavy atom. The molecule has 3 rings (SSSR count). The standard InChI is InChI=1S/C17H18F3N3OS.2ClH/c1-11-9-21-5-6-23(11)15(24)8-14-10-25-16(22-14)12-3-2-4-13(7-12)17(18,19)20;;/h2-4,7,10-11,21H,5-6,8-9H2,1H3;2*1H. The number of alkyl halides is 3. The fourth-order valence-corrected chi connectivity index (χ4v) is 3.63. The molecule has 27 heavy (non-hydrogen) atoms. The van der Waals surface area contributed by atoms with Gasteiger partial charge in [-0.05, 0) is 19.1 Å². The zero-order chi connectivity index (χ0) is 18.0. The largest absolute Gasteiger partial charge is 0.416 e. The van der Waals surface area contributed by atoms with Gasteiger partial charge >= 0.3 is 6.18 Å². The lowest BCUT2D eigenvalue weighted by Gasteiger charge is -2.33. The minimum absolute atomic E-state index is 0. The molecule has 2 heterocycles. The van der Waals surface area contributed by atoms with Crippen LogP contribution in [0.25, 0.3) is 10.6 Å². The van der Waals surface area contributed by atoms with Crippen molar-refractivity contribution in [3.63, 3.8) is 0 Å². The molecule has 150 valence electrons. The van der Waals surface area contributed by atoms with Crippen molar-refractivity contribution < 1.29 is 18.0 Å². The average Bonchev–Trinajstić information content (AvgIpc) is 3.03. The second-order valence-corrected chi connectivity index (χ2v) is 6.90. The van der Waals surface area contributed by atoms with Gasteiger partial charge < -0.3 is 10.2 Å². The summed E-state index contributed by atoms with van der Waals surface area (Å²) < 4.78 is 38.5. The van der Waals surface area contributed by atoms with Gasteiger partial charge in [0.2, 0.25) is 5.91 Å². The van der Waals surface area contributed by atoms with Gasteiger partial charge in [0.15, 0.2) is 0 Å². The quantitative estimate of drug-likeness (QED) is 0.781. The third-order valence-electron chi connectivity index (χ3n) is 4.14. The van der Waals surface area contributed by atoms with Crippen LogP contribution in [-0.2, 0) is 17.4 Å². The minimum atomic E-state index is -4.38. The highest BCUT2D eigenvalue weighted by Gasteiger charge is 2.30. The van der Waals surface area contributed by atoms with E-state index in [9.17, 15) is 18.0 Å². The predicted molar refractivity (Wildman–Crippen MR) is 105 cm³/mol. The summed E-state index contributed by atoms with van der Waals surface area (Å²) in [5.74, 6) is -0.00473. The molecule has 0 bridgehead atoms. The molecule has 0 saturated carbocycles. The molecule has 0 spiro atoms. The van der Waals surface area contributed by atoms with Crippen LogP contribution < -0.4 is 5.32 Å². The van der Waals surface area contributed by atoms with Gasteiger partial charge in [0.1, 0.15) is 5.01 Å². The van der Waals surface area contributed by atoms with E-state index in [-0.39, 0.29) is 43.2 Å². The molecule has 1 fully saturated rings. The van der Waals surface area contributed by atoms with Crippen LogP contribution in [0.5, 0.6) is 0 Å². The van der Waals surface area contributed by atoms with Crippen LogP contribution >= 0.6 is 36.2 Å². The van der Waals surface area contributed by atoms with Gasteiger partial charge in [0.05, 0.1) is 17.7 Å². The highest BCUT2D eigenvalue weighted by molar-refractivity contribution is 7.13. The number of amides is 1. The maximum absolute atomic E-state index is 12.8. The first-order valence-electron chi connectivity index (χ1n) is 7.97. The molecule has 10 heteroatoms. The summed E-state index contributed by atoms with van der Waals surface area (Å²) in [6, 6.07) is 5.21. The Balaban J connectivity index is 0.00000182. The Morgan fingerprint density at radius 3 is 2.78 bits per heavy atom. The van der Waals surface area contributed by atoms with E-state index in [0.29, 0.717) is 22.8 Å². The third kappa shape index (κ3) is 5.81. The SMILES string of the molecule is CC1CNCCN1C(=O)Cc1csc(-c2cccc(C(F)(F)F)c2)n1.Cl.Cl. The summed E-state index contributed by atoms with van der Waals surface area (Å²) in [5, 5.41) is 5.45. The van der Waals surface area contributed by atoms with E-state index in [1.165, 1.54) is 17.4 Å². The lowest BCUT2D eigenvalue weighted by molar-refractivity contribution is -0.137. The van der Waals surface area contributed by atoms with Crippen molar-refractivity contribution in [2.24, 2.45) is 0 Å². The number of halogens is 5. The van der Waals surface area contributed by atoms with Gasteiger partial charge in [-0.2, -0.15) is 13.2 Å². The fraction of sp³-hybridized carbons (Fsp3) is 0.412. The Bertz CT molecular complexity index is 770. The number of piperazine rings is 1. The van der Waals surface area contributed by atoms with E-state index in [1.54, 1.807) is 11.4 Å². The molecule has 1 aliphatic heterocycles. The predicted octanol–water partition coefficient (Wildman–Crippen LogP) is 4.04. The summed E-state index contributed by atoms with van der Waals surface area (Å²) in [6.45, 7) is 4.17. The van der Waals surface area contributed by atoms with Gasteiger partial charge in [0, 0.05) is 36.6 Å². The second-order valence-electron chi connectivity index (χ2n) is 6.04. The number of carbonyl (C=O) groups excluding carboxylic acids is 1.